The molecule has 1 fully saturated rings. The summed E-state index contributed by atoms with van der Waals surface area (Å²) in [4.78, 5) is 35.0. The van der Waals surface area contributed by atoms with Gasteiger partial charge in [0.05, 0.1) is 19.6 Å². The molecule has 0 radical (unpaired) electrons. The standard InChI is InChI=1S/C17H22N2O5/c1-23-16(21)8-7-15(20)19-13-5-2-4-12(10-13)17(22)18-11-14-6-3-9-24-14/h2,4-5,10,14H,3,6-9,11H2,1H3,(H,18,22)(H,19,20)/t14-/m0/s1. The second kappa shape index (κ2) is 9.02. The van der Waals surface area contributed by atoms with Crippen LogP contribution in [0.1, 0.15) is 36.0 Å². The van der Waals surface area contributed by atoms with Crippen LogP contribution in [0.2, 0.25) is 0 Å². The summed E-state index contributed by atoms with van der Waals surface area (Å²) in [5.74, 6) is -0.958. The van der Waals surface area contributed by atoms with E-state index >= 15 is 0 Å². The topological polar surface area (TPSA) is 93.7 Å². The predicted octanol–water partition coefficient (Wildman–Crippen LogP) is 1.49. The summed E-state index contributed by atoms with van der Waals surface area (Å²) >= 11 is 0. The predicted molar refractivity (Wildman–Crippen MR) is 87.6 cm³/mol. The fraction of sp³-hybridized carbons (Fsp3) is 0.471. The molecule has 0 unspecified atom stereocenters. The molecule has 0 spiro atoms. The van der Waals surface area contributed by atoms with Crippen molar-refractivity contribution in [2.45, 2.75) is 31.8 Å². The Hall–Kier alpha value is -2.41. The normalized spacial score (nSPS) is 16.5. The lowest BCUT2D eigenvalue weighted by molar-refractivity contribution is -0.141. The van der Waals surface area contributed by atoms with Crippen molar-refractivity contribution in [3.05, 3.63) is 29.8 Å². The third-order valence-electron chi connectivity index (χ3n) is 3.71. The van der Waals surface area contributed by atoms with E-state index in [1.807, 2.05) is 0 Å². The molecule has 0 aliphatic carbocycles. The van der Waals surface area contributed by atoms with Crippen molar-refractivity contribution in [1.29, 1.82) is 0 Å². The number of carbonyl (C=O) groups excluding carboxylic acids is 3. The highest BCUT2D eigenvalue weighted by molar-refractivity contribution is 5.97. The molecule has 2 rings (SSSR count). The van der Waals surface area contributed by atoms with E-state index < -0.39 is 5.97 Å². The molecule has 0 aromatic heterocycles. The molecule has 0 saturated carbocycles. The fourth-order valence-corrected chi connectivity index (χ4v) is 2.39. The van der Waals surface area contributed by atoms with E-state index in [2.05, 4.69) is 15.4 Å². The lowest BCUT2D eigenvalue weighted by atomic mass is 10.1. The van der Waals surface area contributed by atoms with Crippen LogP contribution in [0, 0.1) is 0 Å². The summed E-state index contributed by atoms with van der Waals surface area (Å²) in [6.07, 6.45) is 2.10. The molecule has 1 aliphatic heterocycles. The van der Waals surface area contributed by atoms with Gasteiger partial charge in [0.25, 0.3) is 5.91 Å². The number of hydrogen-bond donors (Lipinski definition) is 2. The van der Waals surface area contributed by atoms with Gasteiger partial charge < -0.3 is 20.1 Å². The number of nitrogens with one attached hydrogen (secondary N) is 2. The van der Waals surface area contributed by atoms with Crippen LogP contribution in [0.25, 0.3) is 0 Å². The Balaban J connectivity index is 1.84. The van der Waals surface area contributed by atoms with E-state index in [1.54, 1.807) is 24.3 Å². The van der Waals surface area contributed by atoms with Crippen LogP contribution in [-0.2, 0) is 19.1 Å². The zero-order chi connectivity index (χ0) is 17.4. The minimum Gasteiger partial charge on any atom is -0.469 e. The van der Waals surface area contributed by atoms with Crippen LogP contribution >= 0.6 is 0 Å². The third kappa shape index (κ3) is 5.66. The number of benzene rings is 1. The summed E-state index contributed by atoms with van der Waals surface area (Å²) in [7, 11) is 1.28. The van der Waals surface area contributed by atoms with Crippen molar-refractivity contribution in [3.63, 3.8) is 0 Å². The number of ether oxygens (including phenoxy) is 2. The van der Waals surface area contributed by atoms with Crippen LogP contribution in [0.4, 0.5) is 5.69 Å². The van der Waals surface area contributed by atoms with Crippen LogP contribution < -0.4 is 10.6 Å². The molecule has 1 aromatic rings. The first-order valence-corrected chi connectivity index (χ1v) is 7.95. The minimum absolute atomic E-state index is 0.0178. The maximum Gasteiger partial charge on any atom is 0.306 e. The van der Waals surface area contributed by atoms with Gasteiger partial charge in [-0.2, -0.15) is 0 Å². The highest BCUT2D eigenvalue weighted by atomic mass is 16.5. The van der Waals surface area contributed by atoms with E-state index in [-0.39, 0.29) is 30.8 Å². The summed E-state index contributed by atoms with van der Waals surface area (Å²) in [5.41, 5.74) is 0.966. The number of rotatable bonds is 7. The Labute approximate surface area is 140 Å². The molecule has 1 heterocycles. The van der Waals surface area contributed by atoms with Gasteiger partial charge in [-0.15, -0.1) is 0 Å². The largest absolute Gasteiger partial charge is 0.469 e. The van der Waals surface area contributed by atoms with Crippen LogP contribution in [0.15, 0.2) is 24.3 Å². The van der Waals surface area contributed by atoms with E-state index in [0.717, 1.165) is 19.4 Å². The first-order chi connectivity index (χ1) is 11.6. The van der Waals surface area contributed by atoms with Crippen molar-refractivity contribution in [3.8, 4) is 0 Å². The van der Waals surface area contributed by atoms with E-state index in [9.17, 15) is 14.4 Å². The molecule has 130 valence electrons. The lowest BCUT2D eigenvalue weighted by Crippen LogP contribution is -2.31. The molecule has 1 saturated heterocycles. The van der Waals surface area contributed by atoms with Crippen molar-refractivity contribution < 1.29 is 23.9 Å². The first-order valence-electron chi connectivity index (χ1n) is 7.95. The highest BCUT2D eigenvalue weighted by Gasteiger charge is 2.17. The van der Waals surface area contributed by atoms with Gasteiger partial charge in [0, 0.05) is 30.8 Å². The number of esters is 1. The Morgan fingerprint density at radius 3 is 2.83 bits per heavy atom. The lowest BCUT2D eigenvalue weighted by Gasteiger charge is -2.11. The van der Waals surface area contributed by atoms with Gasteiger partial charge >= 0.3 is 5.97 Å². The van der Waals surface area contributed by atoms with Crippen LogP contribution in [0.3, 0.4) is 0 Å². The summed E-state index contributed by atoms with van der Waals surface area (Å²) in [6, 6.07) is 6.65. The van der Waals surface area contributed by atoms with Gasteiger partial charge in [0.1, 0.15) is 0 Å². The Morgan fingerprint density at radius 2 is 2.12 bits per heavy atom. The summed E-state index contributed by atoms with van der Waals surface area (Å²) in [6.45, 7) is 1.22. The fourth-order valence-electron chi connectivity index (χ4n) is 2.39. The van der Waals surface area contributed by atoms with Crippen molar-refractivity contribution in [2.24, 2.45) is 0 Å². The maximum atomic E-state index is 12.2. The number of methoxy groups -OCH3 is 1. The molecule has 2 amide bonds. The molecule has 1 aromatic carbocycles. The Kier molecular flexibility index (Phi) is 6.74. The Morgan fingerprint density at radius 1 is 1.29 bits per heavy atom. The second-order valence-electron chi connectivity index (χ2n) is 5.55. The molecular formula is C17H22N2O5. The quantitative estimate of drug-likeness (QED) is 0.737. The monoisotopic (exact) mass is 334 g/mol. The zero-order valence-electron chi connectivity index (χ0n) is 13.7. The molecule has 1 aliphatic rings. The van der Waals surface area contributed by atoms with Gasteiger partial charge in [0.15, 0.2) is 0 Å². The van der Waals surface area contributed by atoms with Crippen molar-refractivity contribution in [1.82, 2.24) is 5.32 Å². The molecule has 2 N–H and O–H groups in total. The average Bonchev–Trinajstić information content (AvgIpc) is 3.11. The van der Waals surface area contributed by atoms with Crippen molar-refractivity contribution >= 4 is 23.5 Å². The third-order valence-corrected chi connectivity index (χ3v) is 3.71. The van der Waals surface area contributed by atoms with Gasteiger partial charge in [0.2, 0.25) is 5.91 Å². The van der Waals surface area contributed by atoms with Gasteiger partial charge in [-0.05, 0) is 31.0 Å². The average molecular weight is 334 g/mol. The molecule has 24 heavy (non-hydrogen) atoms. The van der Waals surface area contributed by atoms with Gasteiger partial charge in [-0.25, -0.2) is 0 Å². The first kappa shape index (κ1) is 17.9. The van der Waals surface area contributed by atoms with E-state index in [4.69, 9.17) is 4.74 Å². The maximum absolute atomic E-state index is 12.2. The Bertz CT molecular complexity index is 596. The molecule has 7 nitrogen and oxygen atoms in total. The smallest absolute Gasteiger partial charge is 0.306 e. The minimum atomic E-state index is -0.438. The van der Waals surface area contributed by atoms with Gasteiger partial charge in [-0.1, -0.05) is 6.07 Å². The zero-order valence-corrected chi connectivity index (χ0v) is 13.7. The molecule has 7 heteroatoms. The molecular weight excluding hydrogens is 312 g/mol. The second-order valence-corrected chi connectivity index (χ2v) is 5.55. The number of amides is 2. The summed E-state index contributed by atoms with van der Waals surface area (Å²) in [5, 5.41) is 5.49. The number of carbonyl (C=O) groups is 3. The molecule has 0 bridgehead atoms. The summed E-state index contributed by atoms with van der Waals surface area (Å²) < 4.78 is 9.95. The highest BCUT2D eigenvalue weighted by Crippen LogP contribution is 2.13. The van der Waals surface area contributed by atoms with Crippen LogP contribution in [0.5, 0.6) is 0 Å². The number of hydrogen-bond acceptors (Lipinski definition) is 5. The molecule has 1 atom stereocenters. The number of anilines is 1. The van der Waals surface area contributed by atoms with Crippen LogP contribution in [-0.4, -0.2) is 44.1 Å². The van der Waals surface area contributed by atoms with Gasteiger partial charge in [-0.3, -0.25) is 14.4 Å². The SMILES string of the molecule is COC(=O)CCC(=O)Nc1cccc(C(=O)NC[C@@H]2CCCO2)c1. The van der Waals surface area contributed by atoms with Crippen molar-refractivity contribution in [2.75, 3.05) is 25.6 Å². The van der Waals surface area contributed by atoms with E-state index in [1.165, 1.54) is 7.11 Å². The van der Waals surface area contributed by atoms with E-state index in [0.29, 0.717) is 17.8 Å².